The number of aromatic nitrogens is 1. The molecule has 0 aliphatic rings. The molecule has 2 rings (SSSR count). The summed E-state index contributed by atoms with van der Waals surface area (Å²) < 4.78 is 5.82. The van der Waals surface area contributed by atoms with E-state index in [1.54, 1.807) is 7.11 Å². The predicted molar refractivity (Wildman–Crippen MR) is 73.0 cm³/mol. The first-order valence-electron chi connectivity index (χ1n) is 5.55. The first kappa shape index (κ1) is 12.8. The average molecular weight is 265 g/mol. The van der Waals surface area contributed by atoms with E-state index in [9.17, 15) is 4.79 Å². The molecule has 1 heterocycles. The van der Waals surface area contributed by atoms with Crippen molar-refractivity contribution in [3.63, 3.8) is 0 Å². The molecule has 6 heteroatoms. The first-order valence-corrected chi connectivity index (χ1v) is 6.37. The Labute approximate surface area is 109 Å². The molecule has 1 amide bonds. The van der Waals surface area contributed by atoms with Gasteiger partial charge in [0.2, 0.25) is 0 Å². The van der Waals surface area contributed by atoms with E-state index < -0.39 is 0 Å². The van der Waals surface area contributed by atoms with Gasteiger partial charge in [-0.1, -0.05) is 11.3 Å². The average Bonchev–Trinajstić information content (AvgIpc) is 2.70. The van der Waals surface area contributed by atoms with Crippen LogP contribution in [-0.4, -0.2) is 31.2 Å². The molecule has 2 aromatic rings. The van der Waals surface area contributed by atoms with E-state index in [0.717, 1.165) is 15.8 Å². The van der Waals surface area contributed by atoms with Crippen molar-refractivity contribution in [1.29, 1.82) is 0 Å². The number of ether oxygens (including phenoxy) is 1. The second-order valence-electron chi connectivity index (χ2n) is 3.94. The van der Waals surface area contributed by atoms with Crippen LogP contribution >= 0.6 is 11.3 Å². The van der Waals surface area contributed by atoms with Gasteiger partial charge in [0.1, 0.15) is 0 Å². The Bertz CT molecular complexity index is 580. The second-order valence-corrected chi connectivity index (χ2v) is 5.00. The van der Waals surface area contributed by atoms with Crippen molar-refractivity contribution in [3.8, 4) is 0 Å². The fraction of sp³-hybridized carbons (Fsp3) is 0.333. The molecule has 96 valence electrons. The molecule has 0 saturated carbocycles. The van der Waals surface area contributed by atoms with Gasteiger partial charge in [-0.05, 0) is 24.6 Å². The van der Waals surface area contributed by atoms with Crippen molar-refractivity contribution in [2.75, 3.05) is 26.0 Å². The highest BCUT2D eigenvalue weighted by atomic mass is 32.1. The minimum Gasteiger partial charge on any atom is -0.383 e. The van der Waals surface area contributed by atoms with Gasteiger partial charge >= 0.3 is 0 Å². The molecule has 0 unspecified atom stereocenters. The largest absolute Gasteiger partial charge is 0.383 e. The van der Waals surface area contributed by atoms with Crippen LogP contribution < -0.4 is 11.1 Å². The van der Waals surface area contributed by atoms with Gasteiger partial charge in [0, 0.05) is 19.2 Å². The van der Waals surface area contributed by atoms with Crippen molar-refractivity contribution in [1.82, 2.24) is 10.3 Å². The molecular weight excluding hydrogens is 250 g/mol. The maximum absolute atomic E-state index is 11.9. The van der Waals surface area contributed by atoms with E-state index in [1.165, 1.54) is 11.3 Å². The summed E-state index contributed by atoms with van der Waals surface area (Å²) in [5, 5.41) is 3.31. The zero-order valence-electron chi connectivity index (χ0n) is 10.3. The molecule has 0 aliphatic carbocycles. The minimum atomic E-state index is -0.107. The van der Waals surface area contributed by atoms with Gasteiger partial charge in [-0.2, -0.15) is 0 Å². The van der Waals surface area contributed by atoms with Gasteiger partial charge in [-0.15, -0.1) is 0 Å². The summed E-state index contributed by atoms with van der Waals surface area (Å²) in [6, 6.07) is 3.64. The Kier molecular flexibility index (Phi) is 3.78. The Morgan fingerprint density at radius 1 is 1.56 bits per heavy atom. The fourth-order valence-electron chi connectivity index (χ4n) is 1.71. The maximum atomic E-state index is 11.9. The number of hydrogen-bond donors (Lipinski definition) is 2. The third-order valence-electron chi connectivity index (χ3n) is 2.56. The van der Waals surface area contributed by atoms with Crippen LogP contribution in [0.4, 0.5) is 5.13 Å². The smallest absolute Gasteiger partial charge is 0.251 e. The van der Waals surface area contributed by atoms with Gasteiger partial charge in [0.25, 0.3) is 5.91 Å². The summed E-state index contributed by atoms with van der Waals surface area (Å²) in [5.41, 5.74) is 8.12. The number of carbonyl (C=O) groups is 1. The minimum absolute atomic E-state index is 0.107. The molecule has 3 N–H and O–H groups in total. The molecule has 18 heavy (non-hydrogen) atoms. The van der Waals surface area contributed by atoms with Gasteiger partial charge < -0.3 is 15.8 Å². The van der Waals surface area contributed by atoms with E-state index in [2.05, 4.69) is 10.3 Å². The molecule has 0 atom stereocenters. The normalized spacial score (nSPS) is 10.8. The Morgan fingerprint density at radius 2 is 2.33 bits per heavy atom. The predicted octanol–water partition coefficient (Wildman–Crippen LogP) is 1.56. The number of benzene rings is 1. The lowest BCUT2D eigenvalue weighted by molar-refractivity contribution is 0.0937. The van der Waals surface area contributed by atoms with Crippen LogP contribution in [0.15, 0.2) is 12.1 Å². The highest BCUT2D eigenvalue weighted by Gasteiger charge is 2.11. The summed E-state index contributed by atoms with van der Waals surface area (Å²) in [7, 11) is 1.60. The number of fused-ring (bicyclic) bond motifs is 1. The number of amides is 1. The van der Waals surface area contributed by atoms with E-state index >= 15 is 0 Å². The number of nitrogens with zero attached hydrogens (tertiary/aromatic N) is 1. The highest BCUT2D eigenvalue weighted by Crippen LogP contribution is 2.27. The molecule has 0 aliphatic heterocycles. The van der Waals surface area contributed by atoms with Crippen LogP contribution in [-0.2, 0) is 4.74 Å². The monoisotopic (exact) mass is 265 g/mol. The lowest BCUT2D eigenvalue weighted by atomic mass is 10.1. The number of aryl methyl sites for hydroxylation is 1. The van der Waals surface area contributed by atoms with Gasteiger partial charge in [-0.3, -0.25) is 4.79 Å². The maximum Gasteiger partial charge on any atom is 0.251 e. The topological polar surface area (TPSA) is 77.2 Å². The quantitative estimate of drug-likeness (QED) is 0.822. The Morgan fingerprint density at radius 3 is 3.06 bits per heavy atom. The van der Waals surface area contributed by atoms with Crippen molar-refractivity contribution in [2.45, 2.75) is 6.92 Å². The molecule has 0 bridgehead atoms. The number of nitrogens with one attached hydrogen (secondary N) is 1. The number of nitrogen functional groups attached to an aromatic ring is 1. The van der Waals surface area contributed by atoms with E-state index in [1.807, 2.05) is 19.1 Å². The zero-order chi connectivity index (χ0) is 13.1. The summed E-state index contributed by atoms with van der Waals surface area (Å²) in [6.45, 7) is 2.92. The van der Waals surface area contributed by atoms with Crippen molar-refractivity contribution in [2.24, 2.45) is 0 Å². The number of thiazole rings is 1. The first-order chi connectivity index (χ1) is 8.61. The summed E-state index contributed by atoms with van der Waals surface area (Å²) in [4.78, 5) is 16.1. The van der Waals surface area contributed by atoms with Gasteiger partial charge in [-0.25, -0.2) is 4.98 Å². The Balaban J connectivity index is 2.25. The highest BCUT2D eigenvalue weighted by molar-refractivity contribution is 7.22. The third kappa shape index (κ3) is 2.60. The van der Waals surface area contributed by atoms with Crippen LogP contribution in [0.5, 0.6) is 0 Å². The number of anilines is 1. The molecule has 0 radical (unpaired) electrons. The molecular formula is C12H15N3O2S. The zero-order valence-corrected chi connectivity index (χ0v) is 11.1. The summed E-state index contributed by atoms with van der Waals surface area (Å²) >= 11 is 1.39. The van der Waals surface area contributed by atoms with E-state index in [4.69, 9.17) is 10.5 Å². The molecule has 5 nitrogen and oxygen atoms in total. The number of rotatable bonds is 4. The summed E-state index contributed by atoms with van der Waals surface area (Å²) in [5.74, 6) is -0.107. The summed E-state index contributed by atoms with van der Waals surface area (Å²) in [6.07, 6.45) is 0. The molecule has 0 fully saturated rings. The fourth-order valence-corrected chi connectivity index (χ4v) is 2.57. The lowest BCUT2D eigenvalue weighted by Crippen LogP contribution is -2.26. The molecule has 1 aromatic carbocycles. The third-order valence-corrected chi connectivity index (χ3v) is 3.39. The molecule has 0 saturated heterocycles. The van der Waals surface area contributed by atoms with Crippen LogP contribution in [0.2, 0.25) is 0 Å². The Hall–Kier alpha value is -1.66. The SMILES string of the molecule is COCCNC(=O)c1cc(C)c2nc(N)sc2c1. The van der Waals surface area contributed by atoms with Crippen LogP contribution in [0.1, 0.15) is 15.9 Å². The van der Waals surface area contributed by atoms with Gasteiger partial charge in [0.15, 0.2) is 5.13 Å². The van der Waals surface area contributed by atoms with Gasteiger partial charge in [0.05, 0.1) is 16.8 Å². The van der Waals surface area contributed by atoms with Crippen molar-refractivity contribution < 1.29 is 9.53 Å². The lowest BCUT2D eigenvalue weighted by Gasteiger charge is -2.05. The van der Waals surface area contributed by atoms with Crippen molar-refractivity contribution in [3.05, 3.63) is 23.3 Å². The second kappa shape index (κ2) is 5.32. The molecule has 1 aromatic heterocycles. The number of hydrogen-bond acceptors (Lipinski definition) is 5. The standard InChI is InChI=1S/C12H15N3O2S/c1-7-5-8(11(16)14-3-4-17-2)6-9-10(7)15-12(13)18-9/h5-6H,3-4H2,1-2H3,(H2,13,15)(H,14,16). The van der Waals surface area contributed by atoms with E-state index in [-0.39, 0.29) is 5.91 Å². The van der Waals surface area contributed by atoms with Crippen molar-refractivity contribution >= 4 is 32.6 Å². The number of methoxy groups -OCH3 is 1. The van der Waals surface area contributed by atoms with Crippen LogP contribution in [0.25, 0.3) is 10.2 Å². The van der Waals surface area contributed by atoms with Crippen LogP contribution in [0.3, 0.4) is 0 Å². The molecule has 0 spiro atoms. The number of carbonyl (C=O) groups excluding carboxylic acids is 1. The number of nitrogens with two attached hydrogens (primary N) is 1. The van der Waals surface area contributed by atoms with E-state index in [0.29, 0.717) is 23.8 Å². The van der Waals surface area contributed by atoms with Crippen LogP contribution in [0, 0.1) is 6.92 Å².